The van der Waals surface area contributed by atoms with Crippen LogP contribution in [0.25, 0.3) is 0 Å². The lowest BCUT2D eigenvalue weighted by atomic mass is 10.2. The molecule has 10 heteroatoms. The highest BCUT2D eigenvalue weighted by Gasteiger charge is 2.13. The molecule has 0 atom stereocenters. The van der Waals surface area contributed by atoms with Crippen molar-refractivity contribution in [2.45, 2.75) is 0 Å². The second-order valence-electron chi connectivity index (χ2n) is 4.48. The van der Waals surface area contributed by atoms with Gasteiger partial charge in [0, 0.05) is 28.4 Å². The molecule has 0 aliphatic rings. The van der Waals surface area contributed by atoms with Crippen LogP contribution in [0.15, 0.2) is 36.4 Å². The number of nitrogens with zero attached hydrogens (tertiary/aromatic N) is 1. The van der Waals surface area contributed by atoms with Crippen molar-refractivity contribution in [3.63, 3.8) is 0 Å². The molecule has 0 aliphatic carbocycles. The fraction of sp³-hybridized carbons (Fsp3) is 0. The summed E-state index contributed by atoms with van der Waals surface area (Å²) in [5, 5.41) is 26.6. The predicted octanol–water partition coefficient (Wildman–Crippen LogP) is 2.59. The van der Waals surface area contributed by atoms with Gasteiger partial charge in [0.1, 0.15) is 5.82 Å². The zero-order valence-corrected chi connectivity index (χ0v) is 13.3. The van der Waals surface area contributed by atoms with E-state index >= 15 is 0 Å². The van der Waals surface area contributed by atoms with Crippen molar-refractivity contribution in [2.75, 3.05) is 5.32 Å². The zero-order valence-electron chi connectivity index (χ0n) is 11.7. The lowest BCUT2D eigenvalue weighted by Crippen LogP contribution is -2.34. The molecule has 0 heterocycles. The molecule has 0 spiro atoms. The largest absolute Gasteiger partial charge is 0.870 e. The van der Waals surface area contributed by atoms with Crippen molar-refractivity contribution >= 4 is 46.2 Å². The molecule has 0 saturated heterocycles. The molecule has 24 heavy (non-hydrogen) atoms. The number of anilines is 1. The number of rotatable bonds is 3. The highest BCUT2D eigenvalue weighted by atomic mass is 35.5. The number of hydrogen-bond donors (Lipinski definition) is 2. The van der Waals surface area contributed by atoms with Gasteiger partial charge in [-0.05, 0) is 36.5 Å². The van der Waals surface area contributed by atoms with Crippen LogP contribution in [0, 0.1) is 15.9 Å². The highest BCUT2D eigenvalue weighted by Crippen LogP contribution is 2.33. The van der Waals surface area contributed by atoms with Crippen molar-refractivity contribution in [3.8, 4) is 5.75 Å². The van der Waals surface area contributed by atoms with Gasteiger partial charge in [-0.3, -0.25) is 20.2 Å². The first-order chi connectivity index (χ1) is 11.3. The van der Waals surface area contributed by atoms with E-state index in [-0.39, 0.29) is 21.4 Å². The van der Waals surface area contributed by atoms with Crippen LogP contribution in [0.5, 0.6) is 5.75 Å². The lowest BCUT2D eigenvalue weighted by molar-refractivity contribution is -0.385. The topological polar surface area (TPSA) is 107 Å². The molecule has 124 valence electrons. The number of nitro benzene ring substituents is 1. The van der Waals surface area contributed by atoms with E-state index in [1.807, 2.05) is 0 Å². The normalized spacial score (nSPS) is 10.1. The Bertz CT molecular complexity index is 830. The van der Waals surface area contributed by atoms with Crippen molar-refractivity contribution in [1.29, 1.82) is 0 Å². The Labute approximate surface area is 145 Å². The van der Waals surface area contributed by atoms with E-state index in [0.717, 1.165) is 24.3 Å². The molecule has 7 nitrogen and oxygen atoms in total. The average Bonchev–Trinajstić information content (AvgIpc) is 2.51. The van der Waals surface area contributed by atoms with Gasteiger partial charge >= 0.3 is 0 Å². The van der Waals surface area contributed by atoms with Gasteiger partial charge in [0.15, 0.2) is 5.11 Å². The fourth-order valence-corrected chi connectivity index (χ4v) is 2.12. The second-order valence-corrected chi connectivity index (χ2v) is 5.29. The van der Waals surface area contributed by atoms with Crippen LogP contribution in [0.3, 0.4) is 0 Å². The van der Waals surface area contributed by atoms with Gasteiger partial charge in [-0.2, -0.15) is 0 Å². The number of carbonyl (C=O) groups is 1. The standard InChI is InChI=1S/C14H9ClFN3O4S/c15-10-5-9(19(22)23)6-11(12(10)20)17-14(24)18-13(21)7-1-3-8(16)4-2-7/h1-6,20H,(H2,17,18,21,24)/p-1. The Kier molecular flexibility index (Phi) is 5.27. The van der Waals surface area contributed by atoms with E-state index in [9.17, 15) is 24.4 Å². The first-order valence-electron chi connectivity index (χ1n) is 6.31. The van der Waals surface area contributed by atoms with E-state index < -0.39 is 28.1 Å². The third kappa shape index (κ3) is 4.15. The summed E-state index contributed by atoms with van der Waals surface area (Å²) in [7, 11) is 0. The second kappa shape index (κ2) is 7.20. The summed E-state index contributed by atoms with van der Waals surface area (Å²) in [6.07, 6.45) is 0. The molecule has 2 aromatic rings. The molecular weight excluding hydrogens is 361 g/mol. The third-order valence-electron chi connectivity index (χ3n) is 2.82. The lowest BCUT2D eigenvalue weighted by Gasteiger charge is -2.17. The number of hydrogen-bond acceptors (Lipinski definition) is 5. The molecule has 0 radical (unpaired) electrons. The van der Waals surface area contributed by atoms with E-state index in [4.69, 9.17) is 23.8 Å². The number of benzene rings is 2. The number of non-ortho nitro benzene ring substituents is 1. The summed E-state index contributed by atoms with van der Waals surface area (Å²) in [4.78, 5) is 22.0. The predicted molar refractivity (Wildman–Crippen MR) is 87.6 cm³/mol. The summed E-state index contributed by atoms with van der Waals surface area (Å²) < 4.78 is 12.8. The van der Waals surface area contributed by atoms with Crippen LogP contribution < -0.4 is 15.7 Å². The molecule has 2 N–H and O–H groups in total. The molecule has 1 amide bonds. The van der Waals surface area contributed by atoms with Crippen molar-refractivity contribution in [1.82, 2.24) is 5.32 Å². The minimum absolute atomic E-state index is 0.139. The number of nitro groups is 1. The molecule has 0 unspecified atom stereocenters. The van der Waals surface area contributed by atoms with Crippen LogP contribution in [-0.4, -0.2) is 15.9 Å². The minimum atomic E-state index is -0.726. The van der Waals surface area contributed by atoms with E-state index in [2.05, 4.69) is 10.6 Å². The number of nitrogens with one attached hydrogen (secondary N) is 2. The summed E-state index contributed by atoms with van der Waals surface area (Å²) in [5.41, 5.74) is -0.520. The molecule has 2 aromatic carbocycles. The van der Waals surface area contributed by atoms with Crippen LogP contribution in [0.4, 0.5) is 15.8 Å². The fourth-order valence-electron chi connectivity index (χ4n) is 1.71. The van der Waals surface area contributed by atoms with Crippen molar-refractivity contribution in [3.05, 3.63) is 62.9 Å². The highest BCUT2D eigenvalue weighted by molar-refractivity contribution is 7.80. The Morgan fingerprint density at radius 1 is 1.25 bits per heavy atom. The monoisotopic (exact) mass is 368 g/mol. The van der Waals surface area contributed by atoms with Crippen LogP contribution >= 0.6 is 23.8 Å². The maximum absolute atomic E-state index is 12.8. The SMILES string of the molecule is O=C(NC(=S)Nc1cc([N+](=O)[O-])cc(Cl)c1[O-])c1ccc(F)cc1. The van der Waals surface area contributed by atoms with Crippen LogP contribution in [0.2, 0.25) is 5.02 Å². The van der Waals surface area contributed by atoms with Crippen molar-refractivity contribution < 1.29 is 19.2 Å². The van der Waals surface area contributed by atoms with E-state index in [1.54, 1.807) is 0 Å². The van der Waals surface area contributed by atoms with Gasteiger partial charge in [0.25, 0.3) is 11.6 Å². The number of amides is 1. The summed E-state index contributed by atoms with van der Waals surface area (Å²) in [6, 6.07) is 6.55. The van der Waals surface area contributed by atoms with Gasteiger partial charge < -0.3 is 10.4 Å². The number of carbonyl (C=O) groups excluding carboxylic acids is 1. The Hall–Kier alpha value is -2.78. The van der Waals surface area contributed by atoms with Gasteiger partial charge in [-0.1, -0.05) is 17.4 Å². The van der Waals surface area contributed by atoms with Gasteiger partial charge in [-0.15, -0.1) is 0 Å². The third-order valence-corrected chi connectivity index (χ3v) is 3.31. The zero-order chi connectivity index (χ0) is 17.9. The smallest absolute Gasteiger partial charge is 0.272 e. The van der Waals surface area contributed by atoms with Crippen molar-refractivity contribution in [2.24, 2.45) is 0 Å². The first kappa shape index (κ1) is 17.6. The molecule has 2 rings (SSSR count). The van der Waals surface area contributed by atoms with Gasteiger partial charge in [0.05, 0.1) is 4.92 Å². The Balaban J connectivity index is 2.13. The average molecular weight is 369 g/mol. The molecule has 0 fully saturated rings. The molecule has 0 aromatic heterocycles. The van der Waals surface area contributed by atoms with Crippen LogP contribution in [-0.2, 0) is 0 Å². The summed E-state index contributed by atoms with van der Waals surface area (Å²) in [6.45, 7) is 0. The quantitative estimate of drug-likeness (QED) is 0.490. The molecular formula is C14H8ClFN3O4S-. The van der Waals surface area contributed by atoms with E-state index in [1.165, 1.54) is 12.1 Å². The van der Waals surface area contributed by atoms with E-state index in [0.29, 0.717) is 0 Å². The molecule has 0 aliphatic heterocycles. The minimum Gasteiger partial charge on any atom is -0.870 e. The van der Waals surface area contributed by atoms with Crippen LogP contribution in [0.1, 0.15) is 10.4 Å². The molecule has 0 saturated carbocycles. The summed E-state index contributed by atoms with van der Waals surface area (Å²) >= 11 is 10.5. The first-order valence-corrected chi connectivity index (χ1v) is 7.09. The number of halogens is 2. The summed E-state index contributed by atoms with van der Waals surface area (Å²) in [5.74, 6) is -1.85. The molecule has 0 bridgehead atoms. The van der Waals surface area contributed by atoms with Gasteiger partial charge in [0.2, 0.25) is 0 Å². The number of thiocarbonyl (C=S) groups is 1. The maximum Gasteiger partial charge on any atom is 0.272 e. The Morgan fingerprint density at radius 3 is 2.46 bits per heavy atom. The maximum atomic E-state index is 12.8. The van der Waals surface area contributed by atoms with Gasteiger partial charge in [-0.25, -0.2) is 4.39 Å². The Morgan fingerprint density at radius 2 is 1.88 bits per heavy atom.